The summed E-state index contributed by atoms with van der Waals surface area (Å²) >= 11 is 0. The second kappa shape index (κ2) is 7.72. The standard InChI is InChI=1S/C25H21NO4S/c27-21(17-30-22-14-12-19(13-15-22)18-6-2-1-3-7-18)16-26-23-10-4-8-20-9-5-11-24(25(20)23)31(26,28)29/h1-15,21,27H,16-17H2. The van der Waals surface area contributed by atoms with Crippen molar-refractivity contribution in [2.45, 2.75) is 11.0 Å². The number of anilines is 1. The molecular formula is C25H21NO4S. The van der Waals surface area contributed by atoms with Gasteiger partial charge in [-0.2, -0.15) is 0 Å². The van der Waals surface area contributed by atoms with E-state index in [0.29, 0.717) is 16.8 Å². The molecule has 1 unspecified atom stereocenters. The van der Waals surface area contributed by atoms with E-state index in [0.717, 1.165) is 16.5 Å². The van der Waals surface area contributed by atoms with Gasteiger partial charge in [0.25, 0.3) is 10.0 Å². The maximum Gasteiger partial charge on any atom is 0.265 e. The molecule has 0 saturated heterocycles. The van der Waals surface area contributed by atoms with E-state index in [1.807, 2.05) is 72.8 Å². The predicted molar refractivity (Wildman–Crippen MR) is 122 cm³/mol. The molecule has 0 spiro atoms. The Morgan fingerprint density at radius 3 is 2.23 bits per heavy atom. The normalized spacial score (nSPS) is 15.2. The van der Waals surface area contributed by atoms with Crippen molar-refractivity contribution in [3.05, 3.63) is 91.0 Å². The van der Waals surface area contributed by atoms with Gasteiger partial charge in [-0.3, -0.25) is 4.31 Å². The number of benzene rings is 4. The number of rotatable bonds is 6. The molecule has 5 nitrogen and oxygen atoms in total. The van der Waals surface area contributed by atoms with Crippen LogP contribution in [0.15, 0.2) is 95.9 Å². The van der Waals surface area contributed by atoms with E-state index in [1.54, 1.807) is 18.2 Å². The molecule has 4 aromatic carbocycles. The summed E-state index contributed by atoms with van der Waals surface area (Å²) in [6.07, 6.45) is -0.979. The van der Waals surface area contributed by atoms with E-state index >= 15 is 0 Å². The molecule has 0 amide bonds. The number of β-amino-alcohol motifs (C(OH)–C–C–N with tert-alkyl or cyclic N) is 1. The highest BCUT2D eigenvalue weighted by molar-refractivity contribution is 7.93. The maximum atomic E-state index is 13.0. The summed E-state index contributed by atoms with van der Waals surface area (Å²) in [5.74, 6) is 0.619. The number of sulfonamides is 1. The second-order valence-corrected chi connectivity index (χ2v) is 9.35. The molecule has 0 aromatic heterocycles. The van der Waals surface area contributed by atoms with Gasteiger partial charge in [-0.25, -0.2) is 8.42 Å². The molecule has 4 aromatic rings. The fraction of sp³-hybridized carbons (Fsp3) is 0.120. The number of nitrogens with zero attached hydrogens (tertiary/aromatic N) is 1. The Bertz CT molecular complexity index is 1330. The monoisotopic (exact) mass is 431 g/mol. The lowest BCUT2D eigenvalue weighted by atomic mass is 10.1. The van der Waals surface area contributed by atoms with Crippen LogP contribution in [0.4, 0.5) is 5.69 Å². The van der Waals surface area contributed by atoms with Crippen molar-refractivity contribution in [3.8, 4) is 16.9 Å². The minimum Gasteiger partial charge on any atom is -0.491 e. The lowest BCUT2D eigenvalue weighted by molar-refractivity contribution is 0.115. The first-order valence-corrected chi connectivity index (χ1v) is 11.5. The Morgan fingerprint density at radius 1 is 0.806 bits per heavy atom. The zero-order valence-electron chi connectivity index (χ0n) is 16.7. The van der Waals surface area contributed by atoms with Gasteiger partial charge in [-0.1, -0.05) is 66.7 Å². The average Bonchev–Trinajstić information content (AvgIpc) is 3.02. The SMILES string of the molecule is O=S1(=O)c2cccc3cccc(c23)N1CC(O)COc1ccc(-c2ccccc2)cc1. The van der Waals surface area contributed by atoms with Crippen molar-refractivity contribution >= 4 is 26.5 Å². The topological polar surface area (TPSA) is 66.8 Å². The van der Waals surface area contributed by atoms with Crippen molar-refractivity contribution in [2.24, 2.45) is 0 Å². The van der Waals surface area contributed by atoms with Gasteiger partial charge in [-0.15, -0.1) is 0 Å². The number of aliphatic hydroxyl groups is 1. The molecule has 0 saturated carbocycles. The molecule has 156 valence electrons. The van der Waals surface area contributed by atoms with Crippen LogP contribution in [0.5, 0.6) is 5.75 Å². The van der Waals surface area contributed by atoms with Crippen molar-refractivity contribution in [3.63, 3.8) is 0 Å². The van der Waals surface area contributed by atoms with Crippen LogP contribution >= 0.6 is 0 Å². The lowest BCUT2D eigenvalue weighted by Gasteiger charge is -2.22. The Kier molecular flexibility index (Phi) is 4.88. The van der Waals surface area contributed by atoms with Crippen molar-refractivity contribution in [2.75, 3.05) is 17.5 Å². The van der Waals surface area contributed by atoms with Gasteiger partial charge in [0.05, 0.1) is 17.1 Å². The maximum absolute atomic E-state index is 13.0. The van der Waals surface area contributed by atoms with Gasteiger partial charge in [0.1, 0.15) is 18.5 Å². The van der Waals surface area contributed by atoms with Gasteiger partial charge in [-0.05, 0) is 40.8 Å². The Hall–Kier alpha value is -3.35. The molecule has 1 atom stereocenters. The Balaban J connectivity index is 1.28. The molecule has 1 N–H and O–H groups in total. The molecule has 0 radical (unpaired) electrons. The van der Waals surface area contributed by atoms with E-state index in [1.165, 1.54) is 4.31 Å². The summed E-state index contributed by atoms with van der Waals surface area (Å²) in [5, 5.41) is 12.1. The van der Waals surface area contributed by atoms with Crippen molar-refractivity contribution < 1.29 is 18.3 Å². The van der Waals surface area contributed by atoms with Crippen LogP contribution in [0.1, 0.15) is 0 Å². The number of ether oxygens (including phenoxy) is 1. The van der Waals surface area contributed by atoms with E-state index in [-0.39, 0.29) is 18.0 Å². The Morgan fingerprint density at radius 2 is 1.48 bits per heavy atom. The molecule has 0 bridgehead atoms. The molecule has 0 aliphatic carbocycles. The zero-order valence-corrected chi connectivity index (χ0v) is 17.5. The molecular weight excluding hydrogens is 410 g/mol. The van der Waals surface area contributed by atoms with Gasteiger partial charge in [0.15, 0.2) is 0 Å². The van der Waals surface area contributed by atoms with Gasteiger partial charge in [0.2, 0.25) is 0 Å². The quantitative estimate of drug-likeness (QED) is 0.490. The average molecular weight is 432 g/mol. The zero-order chi connectivity index (χ0) is 21.4. The van der Waals surface area contributed by atoms with Crippen LogP contribution in [-0.2, 0) is 10.0 Å². The molecule has 1 aliphatic rings. The minimum atomic E-state index is -3.69. The first kappa shape index (κ1) is 19.6. The first-order chi connectivity index (χ1) is 15.0. The highest BCUT2D eigenvalue weighted by Gasteiger charge is 2.36. The van der Waals surface area contributed by atoms with E-state index in [9.17, 15) is 13.5 Å². The van der Waals surface area contributed by atoms with Crippen LogP contribution in [-0.4, -0.2) is 32.8 Å². The summed E-state index contributed by atoms with van der Waals surface area (Å²) in [4.78, 5) is 0.283. The van der Waals surface area contributed by atoms with E-state index in [4.69, 9.17) is 4.74 Å². The number of hydrogen-bond acceptors (Lipinski definition) is 4. The van der Waals surface area contributed by atoms with Crippen LogP contribution < -0.4 is 9.04 Å². The molecule has 1 aliphatic heterocycles. The fourth-order valence-electron chi connectivity index (χ4n) is 3.97. The largest absolute Gasteiger partial charge is 0.491 e. The third-order valence-electron chi connectivity index (χ3n) is 5.46. The minimum absolute atomic E-state index is 0.0109. The Labute approximate surface area is 181 Å². The summed E-state index contributed by atoms with van der Waals surface area (Å²) in [7, 11) is -3.69. The highest BCUT2D eigenvalue weighted by atomic mass is 32.2. The first-order valence-electron chi connectivity index (χ1n) is 10.0. The lowest BCUT2D eigenvalue weighted by Crippen LogP contribution is -2.37. The fourth-order valence-corrected chi connectivity index (χ4v) is 5.71. The predicted octanol–water partition coefficient (Wildman–Crippen LogP) is 4.46. The summed E-state index contributed by atoms with van der Waals surface area (Å²) in [6.45, 7) is -0.0821. The molecule has 0 fully saturated rings. The number of hydrogen-bond donors (Lipinski definition) is 1. The highest BCUT2D eigenvalue weighted by Crippen LogP contribution is 2.41. The van der Waals surface area contributed by atoms with Crippen molar-refractivity contribution in [1.82, 2.24) is 0 Å². The van der Waals surface area contributed by atoms with Crippen LogP contribution in [0, 0.1) is 0 Å². The summed E-state index contributed by atoms with van der Waals surface area (Å²) < 4.78 is 33.0. The number of aliphatic hydroxyl groups excluding tert-OH is 1. The molecule has 5 rings (SSSR count). The molecule has 1 heterocycles. The van der Waals surface area contributed by atoms with Crippen LogP contribution in [0.3, 0.4) is 0 Å². The van der Waals surface area contributed by atoms with Crippen LogP contribution in [0.2, 0.25) is 0 Å². The third-order valence-corrected chi connectivity index (χ3v) is 7.28. The summed E-state index contributed by atoms with van der Waals surface area (Å²) in [5.41, 5.74) is 2.78. The second-order valence-electron chi connectivity index (χ2n) is 7.52. The van der Waals surface area contributed by atoms with Crippen LogP contribution in [0.25, 0.3) is 21.9 Å². The van der Waals surface area contributed by atoms with Gasteiger partial charge >= 0.3 is 0 Å². The summed E-state index contributed by atoms with van der Waals surface area (Å²) in [6, 6.07) is 28.3. The van der Waals surface area contributed by atoms with Gasteiger partial charge in [0, 0.05) is 5.39 Å². The smallest absolute Gasteiger partial charge is 0.265 e. The van der Waals surface area contributed by atoms with Crippen molar-refractivity contribution in [1.29, 1.82) is 0 Å². The van der Waals surface area contributed by atoms with E-state index in [2.05, 4.69) is 0 Å². The van der Waals surface area contributed by atoms with Gasteiger partial charge < -0.3 is 9.84 Å². The molecule has 6 heteroatoms. The van der Waals surface area contributed by atoms with E-state index < -0.39 is 16.1 Å². The molecule has 31 heavy (non-hydrogen) atoms. The third kappa shape index (κ3) is 3.54.